The van der Waals surface area contributed by atoms with Gasteiger partial charge in [-0.3, -0.25) is 0 Å². The molecule has 1 heterocycles. The van der Waals surface area contributed by atoms with Gasteiger partial charge in [0.25, 0.3) is 0 Å². The van der Waals surface area contributed by atoms with Crippen molar-refractivity contribution in [1.82, 2.24) is 9.97 Å². The molecular weight excluding hydrogens is 228 g/mol. The predicted octanol–water partition coefficient (Wildman–Crippen LogP) is 3.96. The molecule has 1 N–H and O–H groups in total. The molecule has 0 amide bonds. The molecule has 0 aliphatic carbocycles. The lowest BCUT2D eigenvalue weighted by atomic mass is 10.0. The van der Waals surface area contributed by atoms with Crippen molar-refractivity contribution in [3.8, 4) is 11.3 Å². The van der Waals surface area contributed by atoms with E-state index < -0.39 is 0 Å². The molecule has 0 fully saturated rings. The number of hydrogen-bond acceptors (Lipinski definition) is 2. The number of aromatic amines is 1. The van der Waals surface area contributed by atoms with Crippen molar-refractivity contribution < 1.29 is 0 Å². The van der Waals surface area contributed by atoms with Crippen LogP contribution in [0.4, 0.5) is 0 Å². The van der Waals surface area contributed by atoms with Crippen LogP contribution in [-0.4, -0.2) is 9.97 Å². The molecule has 82 valence electrons. The van der Waals surface area contributed by atoms with Crippen molar-refractivity contribution in [1.29, 1.82) is 0 Å². The maximum atomic E-state index is 5.09. The summed E-state index contributed by atoms with van der Waals surface area (Å²) in [5.74, 6) is 0. The van der Waals surface area contributed by atoms with Gasteiger partial charge >= 0.3 is 0 Å². The van der Waals surface area contributed by atoms with Gasteiger partial charge in [-0.1, -0.05) is 54.7 Å². The summed E-state index contributed by atoms with van der Waals surface area (Å²) in [6, 6.07) is 16.4. The summed E-state index contributed by atoms with van der Waals surface area (Å²) in [5, 5.41) is 2.44. The minimum absolute atomic E-state index is 0.603. The van der Waals surface area contributed by atoms with Gasteiger partial charge in [0.2, 0.25) is 0 Å². The molecule has 0 aliphatic heterocycles. The van der Waals surface area contributed by atoms with Crippen molar-refractivity contribution in [2.24, 2.45) is 0 Å². The van der Waals surface area contributed by atoms with E-state index in [1.807, 2.05) is 18.2 Å². The second-order valence-corrected chi connectivity index (χ2v) is 4.24. The van der Waals surface area contributed by atoms with Crippen molar-refractivity contribution in [3.63, 3.8) is 0 Å². The van der Waals surface area contributed by atoms with Crippen molar-refractivity contribution in [2.75, 3.05) is 0 Å². The van der Waals surface area contributed by atoms with E-state index in [0.717, 1.165) is 11.3 Å². The highest BCUT2D eigenvalue weighted by atomic mass is 32.1. The van der Waals surface area contributed by atoms with E-state index >= 15 is 0 Å². The Labute approximate surface area is 104 Å². The smallest absolute Gasteiger partial charge is 0.130 e. The van der Waals surface area contributed by atoms with Gasteiger partial charge in [-0.05, 0) is 16.8 Å². The maximum absolute atomic E-state index is 5.09. The van der Waals surface area contributed by atoms with Crippen LogP contribution in [0.5, 0.6) is 0 Å². The highest BCUT2D eigenvalue weighted by Crippen LogP contribution is 2.26. The molecule has 0 saturated heterocycles. The number of nitrogens with one attached hydrogen (secondary N) is 1. The Morgan fingerprint density at radius 3 is 2.71 bits per heavy atom. The van der Waals surface area contributed by atoms with E-state index in [1.54, 1.807) is 6.33 Å². The van der Waals surface area contributed by atoms with Gasteiger partial charge in [0.1, 0.15) is 4.64 Å². The zero-order valence-electron chi connectivity index (χ0n) is 9.05. The molecule has 0 spiro atoms. The summed E-state index contributed by atoms with van der Waals surface area (Å²) in [6.45, 7) is 0. The van der Waals surface area contributed by atoms with Gasteiger partial charge in [0.05, 0.1) is 12.0 Å². The number of aromatic nitrogens is 2. The average molecular weight is 238 g/mol. The van der Waals surface area contributed by atoms with Crippen LogP contribution in [0.2, 0.25) is 0 Å². The topological polar surface area (TPSA) is 28.7 Å². The third kappa shape index (κ3) is 1.85. The number of rotatable bonds is 1. The molecule has 3 aromatic rings. The van der Waals surface area contributed by atoms with Crippen LogP contribution < -0.4 is 0 Å². The first-order valence-electron chi connectivity index (χ1n) is 5.37. The molecule has 1 aromatic heterocycles. The lowest BCUT2D eigenvalue weighted by Crippen LogP contribution is -1.86. The maximum Gasteiger partial charge on any atom is 0.130 e. The summed E-state index contributed by atoms with van der Waals surface area (Å²) in [5.41, 5.74) is 2.15. The fourth-order valence-electron chi connectivity index (χ4n) is 1.98. The van der Waals surface area contributed by atoms with Crippen molar-refractivity contribution in [3.05, 3.63) is 59.5 Å². The Balaban J connectivity index is 2.34. The molecule has 3 heteroatoms. The van der Waals surface area contributed by atoms with Gasteiger partial charge in [0.15, 0.2) is 0 Å². The summed E-state index contributed by atoms with van der Waals surface area (Å²) >= 11 is 5.09. The second kappa shape index (κ2) is 4.11. The van der Waals surface area contributed by atoms with Crippen LogP contribution in [-0.2, 0) is 0 Å². The van der Waals surface area contributed by atoms with Crippen LogP contribution in [0.15, 0.2) is 54.9 Å². The number of hydrogen-bond donors (Lipinski definition) is 1. The van der Waals surface area contributed by atoms with Crippen LogP contribution >= 0.6 is 12.2 Å². The van der Waals surface area contributed by atoms with Crippen LogP contribution in [0.1, 0.15) is 0 Å². The SMILES string of the molecule is S=c1cc(-c2cccc3ccccc23)[nH]cn1. The fourth-order valence-corrected chi connectivity index (χ4v) is 2.15. The van der Waals surface area contributed by atoms with E-state index in [-0.39, 0.29) is 0 Å². The summed E-state index contributed by atoms with van der Waals surface area (Å²) < 4.78 is 0.603. The zero-order valence-corrected chi connectivity index (χ0v) is 9.87. The molecular formula is C14H10N2S. The van der Waals surface area contributed by atoms with E-state index in [2.05, 4.69) is 40.3 Å². The number of benzene rings is 2. The third-order valence-electron chi connectivity index (χ3n) is 2.76. The van der Waals surface area contributed by atoms with Gasteiger partial charge in [-0.15, -0.1) is 0 Å². The Hall–Kier alpha value is -2.00. The summed E-state index contributed by atoms with van der Waals surface area (Å²) in [6.07, 6.45) is 1.64. The molecule has 2 aromatic carbocycles. The van der Waals surface area contributed by atoms with Crippen LogP contribution in [0, 0.1) is 4.64 Å². The van der Waals surface area contributed by atoms with E-state index in [4.69, 9.17) is 12.2 Å². The lowest BCUT2D eigenvalue weighted by Gasteiger charge is -2.06. The van der Waals surface area contributed by atoms with Crippen molar-refractivity contribution >= 4 is 23.0 Å². The first-order valence-corrected chi connectivity index (χ1v) is 5.78. The highest BCUT2D eigenvalue weighted by molar-refractivity contribution is 7.71. The number of H-pyrrole nitrogens is 1. The Morgan fingerprint density at radius 2 is 1.82 bits per heavy atom. The van der Waals surface area contributed by atoms with E-state index in [0.29, 0.717) is 4.64 Å². The Morgan fingerprint density at radius 1 is 1.00 bits per heavy atom. The molecule has 0 unspecified atom stereocenters. The standard InChI is InChI=1S/C14H10N2S/c17-14-8-13(15-9-16-14)12-7-3-5-10-4-1-2-6-11(10)12/h1-9H,(H,15,16,17). The molecule has 17 heavy (non-hydrogen) atoms. The molecule has 0 atom stereocenters. The minimum Gasteiger partial charge on any atom is -0.346 e. The van der Waals surface area contributed by atoms with Gasteiger partial charge in [-0.2, -0.15) is 0 Å². The number of nitrogens with zero attached hydrogens (tertiary/aromatic N) is 1. The molecule has 3 rings (SSSR count). The minimum atomic E-state index is 0.603. The van der Waals surface area contributed by atoms with Crippen LogP contribution in [0.3, 0.4) is 0 Å². The quantitative estimate of drug-likeness (QED) is 0.650. The molecule has 0 radical (unpaired) electrons. The Bertz CT molecular complexity index is 726. The summed E-state index contributed by atoms with van der Waals surface area (Å²) in [7, 11) is 0. The van der Waals surface area contributed by atoms with Crippen LogP contribution in [0.25, 0.3) is 22.0 Å². The lowest BCUT2D eigenvalue weighted by molar-refractivity contribution is 1.16. The molecule has 0 bridgehead atoms. The molecule has 2 nitrogen and oxygen atoms in total. The van der Waals surface area contributed by atoms with Gasteiger partial charge in [0, 0.05) is 5.56 Å². The first-order chi connectivity index (χ1) is 8.34. The monoisotopic (exact) mass is 238 g/mol. The largest absolute Gasteiger partial charge is 0.346 e. The highest BCUT2D eigenvalue weighted by Gasteiger charge is 2.02. The zero-order chi connectivity index (χ0) is 11.7. The molecule has 0 aliphatic rings. The van der Waals surface area contributed by atoms with Gasteiger partial charge in [-0.25, -0.2) is 4.98 Å². The van der Waals surface area contributed by atoms with E-state index in [1.165, 1.54) is 10.8 Å². The third-order valence-corrected chi connectivity index (χ3v) is 2.98. The second-order valence-electron chi connectivity index (χ2n) is 3.83. The normalized spacial score (nSPS) is 10.6. The van der Waals surface area contributed by atoms with Crippen molar-refractivity contribution in [2.45, 2.75) is 0 Å². The summed E-state index contributed by atoms with van der Waals surface area (Å²) in [4.78, 5) is 7.14. The fraction of sp³-hybridized carbons (Fsp3) is 0. The Kier molecular flexibility index (Phi) is 2.46. The van der Waals surface area contributed by atoms with Gasteiger partial charge < -0.3 is 4.98 Å². The number of fused-ring (bicyclic) bond motifs is 1. The first kappa shape index (κ1) is 10.2. The average Bonchev–Trinajstić information content (AvgIpc) is 2.38. The molecule has 0 saturated carbocycles. The predicted molar refractivity (Wildman–Crippen MR) is 72.4 cm³/mol. The van der Waals surface area contributed by atoms with E-state index in [9.17, 15) is 0 Å².